The number of anilines is 1. The fourth-order valence-corrected chi connectivity index (χ4v) is 3.20. The monoisotopic (exact) mass is 317 g/mol. The third-order valence-electron chi connectivity index (χ3n) is 3.54. The maximum atomic E-state index is 9.22. The average molecular weight is 318 g/mol. The summed E-state index contributed by atoms with van der Waals surface area (Å²) in [6.07, 6.45) is 0. The number of halogens is 1. The molecule has 0 aliphatic rings. The lowest BCUT2D eigenvalue weighted by atomic mass is 10.1. The number of benzene rings is 1. The number of nitrogens with zero attached hydrogens (tertiary/aromatic N) is 2. The predicted octanol–water partition coefficient (Wildman–Crippen LogP) is 3.93. The van der Waals surface area contributed by atoms with Gasteiger partial charge in [0.1, 0.15) is 11.9 Å². The van der Waals surface area contributed by atoms with Crippen molar-refractivity contribution in [1.82, 2.24) is 4.57 Å². The minimum Gasteiger partial charge on any atom is -0.384 e. The standard InChI is InChI=1S/C15H16BrN3/c1-8-5-12(16)6-9(2)14(8)19-11(4)10(3)13(7-17)15(19)18/h5-6H,18H2,1-4H3. The van der Waals surface area contributed by atoms with Crippen LogP contribution in [0.15, 0.2) is 16.6 Å². The maximum Gasteiger partial charge on any atom is 0.126 e. The zero-order chi connectivity index (χ0) is 14.3. The van der Waals surface area contributed by atoms with Gasteiger partial charge in [-0.2, -0.15) is 5.26 Å². The minimum absolute atomic E-state index is 0.519. The van der Waals surface area contributed by atoms with E-state index in [-0.39, 0.29) is 0 Å². The second kappa shape index (κ2) is 4.75. The molecular weight excluding hydrogens is 302 g/mol. The quantitative estimate of drug-likeness (QED) is 0.866. The molecule has 2 rings (SSSR count). The van der Waals surface area contributed by atoms with Crippen molar-refractivity contribution in [3.05, 3.63) is 44.6 Å². The summed E-state index contributed by atoms with van der Waals surface area (Å²) < 4.78 is 3.03. The Kier molecular flexibility index (Phi) is 3.42. The molecule has 1 aromatic heterocycles. The van der Waals surface area contributed by atoms with Crippen molar-refractivity contribution >= 4 is 21.7 Å². The van der Waals surface area contributed by atoms with E-state index in [0.717, 1.165) is 32.5 Å². The molecule has 4 heteroatoms. The van der Waals surface area contributed by atoms with Gasteiger partial charge < -0.3 is 5.73 Å². The number of hydrogen-bond acceptors (Lipinski definition) is 2. The molecule has 1 aromatic carbocycles. The van der Waals surface area contributed by atoms with Gasteiger partial charge in [-0.25, -0.2) is 0 Å². The zero-order valence-corrected chi connectivity index (χ0v) is 13.1. The lowest BCUT2D eigenvalue weighted by Crippen LogP contribution is -2.06. The van der Waals surface area contributed by atoms with Crippen molar-refractivity contribution in [1.29, 1.82) is 5.26 Å². The number of nitrogen functional groups attached to an aromatic ring is 1. The van der Waals surface area contributed by atoms with E-state index in [1.807, 2.05) is 32.3 Å². The summed E-state index contributed by atoms with van der Waals surface area (Å²) in [5.41, 5.74) is 12.0. The molecule has 0 atom stereocenters. The van der Waals surface area contributed by atoms with Gasteiger partial charge in [0.2, 0.25) is 0 Å². The smallest absolute Gasteiger partial charge is 0.126 e. The van der Waals surface area contributed by atoms with E-state index in [4.69, 9.17) is 5.73 Å². The van der Waals surface area contributed by atoms with Crippen LogP contribution < -0.4 is 5.73 Å². The molecule has 0 saturated carbocycles. The molecule has 19 heavy (non-hydrogen) atoms. The van der Waals surface area contributed by atoms with Crippen molar-refractivity contribution in [2.45, 2.75) is 27.7 Å². The molecule has 0 aliphatic heterocycles. The normalized spacial score (nSPS) is 10.5. The molecule has 3 nitrogen and oxygen atoms in total. The van der Waals surface area contributed by atoms with Crippen molar-refractivity contribution in [2.75, 3.05) is 5.73 Å². The highest BCUT2D eigenvalue weighted by molar-refractivity contribution is 9.10. The summed E-state index contributed by atoms with van der Waals surface area (Å²) >= 11 is 3.50. The average Bonchev–Trinajstić information content (AvgIpc) is 2.52. The summed E-state index contributed by atoms with van der Waals surface area (Å²) in [5.74, 6) is 0.519. The van der Waals surface area contributed by atoms with E-state index >= 15 is 0 Å². The summed E-state index contributed by atoms with van der Waals surface area (Å²) in [6.45, 7) is 8.03. The number of rotatable bonds is 1. The summed E-state index contributed by atoms with van der Waals surface area (Å²) in [4.78, 5) is 0. The summed E-state index contributed by atoms with van der Waals surface area (Å²) in [5, 5.41) is 9.22. The molecule has 0 saturated heterocycles. The van der Waals surface area contributed by atoms with Gasteiger partial charge in [-0.05, 0) is 56.5 Å². The second-order valence-corrected chi connectivity index (χ2v) is 5.72. The van der Waals surface area contributed by atoms with E-state index in [0.29, 0.717) is 11.4 Å². The van der Waals surface area contributed by atoms with E-state index in [9.17, 15) is 5.26 Å². The van der Waals surface area contributed by atoms with E-state index < -0.39 is 0 Å². The number of nitriles is 1. The SMILES string of the molecule is Cc1cc(Br)cc(C)c1-n1c(C)c(C)c(C#N)c1N. The highest BCUT2D eigenvalue weighted by atomic mass is 79.9. The van der Waals surface area contributed by atoms with Crippen LogP contribution in [0.5, 0.6) is 0 Å². The zero-order valence-electron chi connectivity index (χ0n) is 11.5. The Hall–Kier alpha value is -1.73. The number of nitrogens with two attached hydrogens (primary N) is 1. The highest BCUT2D eigenvalue weighted by Gasteiger charge is 2.18. The Morgan fingerprint density at radius 3 is 2.11 bits per heavy atom. The van der Waals surface area contributed by atoms with Crippen molar-refractivity contribution in [2.24, 2.45) is 0 Å². The van der Waals surface area contributed by atoms with Gasteiger partial charge in [-0.15, -0.1) is 0 Å². The third-order valence-corrected chi connectivity index (χ3v) is 4.00. The fourth-order valence-electron chi connectivity index (χ4n) is 2.52. The van der Waals surface area contributed by atoms with Gasteiger partial charge in [0, 0.05) is 10.2 Å². The largest absolute Gasteiger partial charge is 0.384 e. The molecule has 0 aliphatic carbocycles. The molecule has 2 aromatic rings. The Balaban J connectivity index is 2.85. The molecule has 0 radical (unpaired) electrons. The fraction of sp³-hybridized carbons (Fsp3) is 0.267. The van der Waals surface area contributed by atoms with E-state index in [1.165, 1.54) is 0 Å². The first-order valence-corrected chi connectivity index (χ1v) is 6.82. The van der Waals surface area contributed by atoms with Gasteiger partial charge in [0.15, 0.2) is 0 Å². The van der Waals surface area contributed by atoms with Crippen LogP contribution >= 0.6 is 15.9 Å². The van der Waals surface area contributed by atoms with Crippen LogP contribution in [0.1, 0.15) is 27.9 Å². The number of aryl methyl sites for hydroxylation is 2. The van der Waals surface area contributed by atoms with E-state index in [2.05, 4.69) is 34.1 Å². The molecule has 98 valence electrons. The predicted molar refractivity (Wildman–Crippen MR) is 81.5 cm³/mol. The van der Waals surface area contributed by atoms with Gasteiger partial charge >= 0.3 is 0 Å². The van der Waals surface area contributed by atoms with Gasteiger partial charge in [-0.1, -0.05) is 15.9 Å². The summed E-state index contributed by atoms with van der Waals surface area (Å²) in [7, 11) is 0. The number of aromatic nitrogens is 1. The third kappa shape index (κ3) is 2.04. The first-order chi connectivity index (χ1) is 8.88. The molecule has 0 spiro atoms. The minimum atomic E-state index is 0.519. The molecule has 0 fully saturated rings. The van der Waals surface area contributed by atoms with Crippen LogP contribution in [-0.4, -0.2) is 4.57 Å². The van der Waals surface area contributed by atoms with Crippen LogP contribution in [0.2, 0.25) is 0 Å². The van der Waals surface area contributed by atoms with Gasteiger partial charge in [0.05, 0.1) is 11.3 Å². The van der Waals surface area contributed by atoms with Crippen LogP contribution in [0.3, 0.4) is 0 Å². The highest BCUT2D eigenvalue weighted by Crippen LogP contribution is 2.32. The molecule has 0 unspecified atom stereocenters. The van der Waals surface area contributed by atoms with Gasteiger partial charge in [-0.3, -0.25) is 4.57 Å². The second-order valence-electron chi connectivity index (χ2n) is 4.81. The Morgan fingerprint density at radius 1 is 1.16 bits per heavy atom. The van der Waals surface area contributed by atoms with Crippen LogP contribution in [0.25, 0.3) is 5.69 Å². The molecule has 0 bridgehead atoms. The summed E-state index contributed by atoms with van der Waals surface area (Å²) in [6, 6.07) is 6.31. The van der Waals surface area contributed by atoms with Crippen LogP contribution in [0.4, 0.5) is 5.82 Å². The molecule has 0 amide bonds. The van der Waals surface area contributed by atoms with Crippen molar-refractivity contribution < 1.29 is 0 Å². The number of hydrogen-bond donors (Lipinski definition) is 1. The lowest BCUT2D eigenvalue weighted by molar-refractivity contribution is 0.988. The topological polar surface area (TPSA) is 54.7 Å². The Morgan fingerprint density at radius 2 is 1.68 bits per heavy atom. The Labute approximate surface area is 121 Å². The Bertz CT molecular complexity index is 682. The van der Waals surface area contributed by atoms with E-state index in [1.54, 1.807) is 0 Å². The maximum absolute atomic E-state index is 9.22. The van der Waals surface area contributed by atoms with Gasteiger partial charge in [0.25, 0.3) is 0 Å². The van der Waals surface area contributed by atoms with Crippen molar-refractivity contribution in [3.8, 4) is 11.8 Å². The first kappa shape index (κ1) is 13.7. The molecule has 2 N–H and O–H groups in total. The van der Waals surface area contributed by atoms with Crippen molar-refractivity contribution in [3.63, 3.8) is 0 Å². The lowest BCUT2D eigenvalue weighted by Gasteiger charge is -2.16. The molecular formula is C15H16BrN3. The van der Waals surface area contributed by atoms with Crippen LogP contribution in [-0.2, 0) is 0 Å². The first-order valence-electron chi connectivity index (χ1n) is 6.03. The van der Waals surface area contributed by atoms with Crippen LogP contribution in [0, 0.1) is 39.0 Å². The molecule has 1 heterocycles.